The Balaban J connectivity index is 2.79. The van der Waals surface area contributed by atoms with Crippen molar-refractivity contribution in [2.24, 2.45) is 0 Å². The zero-order chi connectivity index (χ0) is 12.2. The fourth-order valence-electron chi connectivity index (χ4n) is 1.79. The van der Waals surface area contributed by atoms with Gasteiger partial charge in [0.1, 0.15) is 0 Å². The minimum Gasteiger partial charge on any atom is -0.307 e. The third kappa shape index (κ3) is 3.53. The van der Waals surface area contributed by atoms with Crippen LogP contribution in [0, 0.1) is 0 Å². The normalized spacial score (nSPS) is 12.1. The van der Waals surface area contributed by atoms with Gasteiger partial charge in [-0.2, -0.15) is 12.6 Å². The Kier molecular flexibility index (Phi) is 4.88. The number of nitrogens with one attached hydrogen (secondary N) is 1. The topological polar surface area (TPSA) is 12.0 Å². The van der Waals surface area contributed by atoms with Gasteiger partial charge in [-0.25, -0.2) is 0 Å². The molecule has 1 nitrogen and oxygen atoms in total. The van der Waals surface area contributed by atoms with Crippen molar-refractivity contribution < 1.29 is 0 Å². The maximum Gasteiger partial charge on any atom is 0.0387 e. The molecule has 0 amide bonds. The van der Waals surface area contributed by atoms with Crippen molar-refractivity contribution in [1.82, 2.24) is 5.32 Å². The maximum atomic E-state index is 4.18. The monoisotopic (exact) mass is 237 g/mol. The van der Waals surface area contributed by atoms with E-state index in [9.17, 15) is 0 Å². The minimum absolute atomic E-state index is 0.165. The van der Waals surface area contributed by atoms with E-state index in [-0.39, 0.29) is 5.41 Å². The largest absolute Gasteiger partial charge is 0.307 e. The van der Waals surface area contributed by atoms with Crippen molar-refractivity contribution >= 4 is 12.6 Å². The number of benzene rings is 1. The second-order valence-electron chi connectivity index (χ2n) is 5.25. The second kappa shape index (κ2) is 5.74. The summed E-state index contributed by atoms with van der Waals surface area (Å²) in [5.74, 6) is 1.33. The predicted molar refractivity (Wildman–Crippen MR) is 75.4 cm³/mol. The highest BCUT2D eigenvalue weighted by Gasteiger charge is 2.19. The Morgan fingerprint density at radius 3 is 2.19 bits per heavy atom. The SMILES string of the molecule is CC(C)c1ccc(C(C)(C)CNCS)cc1. The molecule has 0 atom stereocenters. The van der Waals surface area contributed by atoms with Gasteiger partial charge in [0.2, 0.25) is 0 Å². The third-order valence-corrected chi connectivity index (χ3v) is 3.26. The van der Waals surface area contributed by atoms with Crippen LogP contribution in [0.5, 0.6) is 0 Å². The van der Waals surface area contributed by atoms with Crippen LogP contribution in [0.1, 0.15) is 44.7 Å². The zero-order valence-corrected chi connectivity index (χ0v) is 11.6. The quantitative estimate of drug-likeness (QED) is 0.589. The van der Waals surface area contributed by atoms with E-state index in [0.717, 1.165) is 12.4 Å². The fraction of sp³-hybridized carbons (Fsp3) is 0.571. The Hall–Kier alpha value is -0.470. The van der Waals surface area contributed by atoms with E-state index >= 15 is 0 Å². The van der Waals surface area contributed by atoms with Crippen LogP contribution in [-0.2, 0) is 5.41 Å². The summed E-state index contributed by atoms with van der Waals surface area (Å²) in [5.41, 5.74) is 2.95. The molecule has 2 heteroatoms. The number of hydrogen-bond donors (Lipinski definition) is 2. The fourth-order valence-corrected chi connectivity index (χ4v) is 1.90. The van der Waals surface area contributed by atoms with Crippen LogP contribution >= 0.6 is 12.6 Å². The summed E-state index contributed by atoms with van der Waals surface area (Å²) in [5, 5.41) is 3.29. The first-order valence-corrected chi connectivity index (χ1v) is 6.52. The predicted octanol–water partition coefficient (Wildman–Crippen LogP) is 3.56. The molecule has 1 aromatic rings. The van der Waals surface area contributed by atoms with E-state index in [1.165, 1.54) is 11.1 Å². The van der Waals surface area contributed by atoms with E-state index in [0.29, 0.717) is 5.92 Å². The Labute approximate surface area is 105 Å². The van der Waals surface area contributed by atoms with Crippen LogP contribution in [0.4, 0.5) is 0 Å². The molecule has 1 aromatic carbocycles. The highest BCUT2D eigenvalue weighted by atomic mass is 32.1. The first kappa shape index (κ1) is 13.6. The van der Waals surface area contributed by atoms with Crippen molar-refractivity contribution in [3.63, 3.8) is 0 Å². The van der Waals surface area contributed by atoms with Crippen LogP contribution in [0.25, 0.3) is 0 Å². The van der Waals surface area contributed by atoms with Crippen LogP contribution in [0.3, 0.4) is 0 Å². The summed E-state index contributed by atoms with van der Waals surface area (Å²) >= 11 is 4.18. The molecule has 0 spiro atoms. The summed E-state index contributed by atoms with van der Waals surface area (Å²) in [4.78, 5) is 0. The van der Waals surface area contributed by atoms with E-state index in [2.05, 4.69) is 69.9 Å². The molecule has 0 unspecified atom stereocenters. The Bertz CT molecular complexity index is 314. The lowest BCUT2D eigenvalue weighted by atomic mass is 9.83. The molecular weight excluding hydrogens is 214 g/mol. The third-order valence-electron chi connectivity index (χ3n) is 3.04. The van der Waals surface area contributed by atoms with Crippen LogP contribution in [0.15, 0.2) is 24.3 Å². The molecule has 0 aliphatic rings. The highest BCUT2D eigenvalue weighted by molar-refractivity contribution is 7.80. The second-order valence-corrected chi connectivity index (χ2v) is 5.56. The van der Waals surface area contributed by atoms with E-state index < -0.39 is 0 Å². The standard InChI is InChI=1S/C14H23NS/c1-11(2)12-5-7-13(8-6-12)14(3,4)9-15-10-16/h5-8,11,15-16H,9-10H2,1-4H3. The molecule has 0 radical (unpaired) electrons. The molecule has 90 valence electrons. The minimum atomic E-state index is 0.165. The first-order chi connectivity index (χ1) is 7.47. The molecule has 0 saturated carbocycles. The van der Waals surface area contributed by atoms with E-state index in [1.54, 1.807) is 0 Å². The lowest BCUT2D eigenvalue weighted by molar-refractivity contribution is 0.490. The molecule has 1 N–H and O–H groups in total. The molecule has 16 heavy (non-hydrogen) atoms. The van der Waals surface area contributed by atoms with Gasteiger partial charge in [-0.05, 0) is 17.0 Å². The van der Waals surface area contributed by atoms with E-state index in [1.807, 2.05) is 0 Å². The number of rotatable bonds is 5. The van der Waals surface area contributed by atoms with Crippen molar-refractivity contribution in [3.05, 3.63) is 35.4 Å². The molecule has 0 aromatic heterocycles. The average molecular weight is 237 g/mol. The highest BCUT2D eigenvalue weighted by Crippen LogP contribution is 2.24. The van der Waals surface area contributed by atoms with Crippen molar-refractivity contribution in [2.75, 3.05) is 12.4 Å². The van der Waals surface area contributed by atoms with Crippen molar-refractivity contribution in [1.29, 1.82) is 0 Å². The van der Waals surface area contributed by atoms with Crippen LogP contribution in [0.2, 0.25) is 0 Å². The summed E-state index contributed by atoms with van der Waals surface area (Å²) in [6, 6.07) is 8.97. The molecule has 0 bridgehead atoms. The number of thiol groups is 1. The van der Waals surface area contributed by atoms with Crippen molar-refractivity contribution in [2.45, 2.75) is 39.0 Å². The molecule has 0 heterocycles. The van der Waals surface area contributed by atoms with Gasteiger partial charge in [0, 0.05) is 17.8 Å². The smallest absolute Gasteiger partial charge is 0.0387 e. The molecule has 0 saturated heterocycles. The van der Waals surface area contributed by atoms with Gasteiger partial charge < -0.3 is 5.32 Å². The van der Waals surface area contributed by atoms with Gasteiger partial charge in [-0.3, -0.25) is 0 Å². The summed E-state index contributed by atoms with van der Waals surface area (Å²) in [7, 11) is 0. The molecule has 0 fully saturated rings. The van der Waals surface area contributed by atoms with Gasteiger partial charge in [0.15, 0.2) is 0 Å². The summed E-state index contributed by atoms with van der Waals surface area (Å²) < 4.78 is 0. The molecule has 1 rings (SSSR count). The van der Waals surface area contributed by atoms with Gasteiger partial charge in [-0.1, -0.05) is 52.0 Å². The summed E-state index contributed by atoms with van der Waals surface area (Å²) in [6.45, 7) is 9.92. The van der Waals surface area contributed by atoms with Gasteiger partial charge in [-0.15, -0.1) is 0 Å². The Morgan fingerprint density at radius 2 is 1.75 bits per heavy atom. The lowest BCUT2D eigenvalue weighted by Crippen LogP contribution is -2.32. The molecular formula is C14H23NS. The zero-order valence-electron chi connectivity index (χ0n) is 10.7. The summed E-state index contributed by atoms with van der Waals surface area (Å²) in [6.07, 6.45) is 0. The molecule has 0 aliphatic heterocycles. The van der Waals surface area contributed by atoms with Crippen LogP contribution < -0.4 is 5.32 Å². The first-order valence-electron chi connectivity index (χ1n) is 5.89. The van der Waals surface area contributed by atoms with Gasteiger partial charge >= 0.3 is 0 Å². The van der Waals surface area contributed by atoms with Gasteiger partial charge in [0.05, 0.1) is 0 Å². The molecule has 0 aliphatic carbocycles. The lowest BCUT2D eigenvalue weighted by Gasteiger charge is -2.26. The average Bonchev–Trinajstić information content (AvgIpc) is 2.26. The van der Waals surface area contributed by atoms with Crippen LogP contribution in [-0.4, -0.2) is 12.4 Å². The number of hydrogen-bond acceptors (Lipinski definition) is 2. The van der Waals surface area contributed by atoms with E-state index in [4.69, 9.17) is 0 Å². The Morgan fingerprint density at radius 1 is 1.19 bits per heavy atom. The van der Waals surface area contributed by atoms with Gasteiger partial charge in [0.25, 0.3) is 0 Å². The van der Waals surface area contributed by atoms with Crippen molar-refractivity contribution in [3.8, 4) is 0 Å². The maximum absolute atomic E-state index is 4.18.